The predicted molar refractivity (Wildman–Crippen MR) is 54.9 cm³/mol. The Bertz CT molecular complexity index is 293. The summed E-state index contributed by atoms with van der Waals surface area (Å²) >= 11 is 0. The third-order valence-electron chi connectivity index (χ3n) is 1.93. The molecular formula is C10H17N3O. The van der Waals surface area contributed by atoms with E-state index in [9.17, 15) is 4.79 Å². The Morgan fingerprint density at radius 1 is 1.64 bits per heavy atom. The van der Waals surface area contributed by atoms with Crippen LogP contribution in [-0.4, -0.2) is 22.2 Å². The predicted octanol–water partition coefficient (Wildman–Crippen LogP) is 1.11. The van der Waals surface area contributed by atoms with Gasteiger partial charge in [0.2, 0.25) is 5.91 Å². The molecule has 0 fully saturated rings. The molecule has 1 aromatic rings. The molecule has 14 heavy (non-hydrogen) atoms. The van der Waals surface area contributed by atoms with Crippen molar-refractivity contribution in [2.24, 2.45) is 0 Å². The molecule has 1 N–H and O–H groups in total. The van der Waals surface area contributed by atoms with Crippen LogP contribution in [0.5, 0.6) is 0 Å². The molecular weight excluding hydrogens is 178 g/mol. The van der Waals surface area contributed by atoms with Crippen molar-refractivity contribution in [3.8, 4) is 0 Å². The van der Waals surface area contributed by atoms with Crippen LogP contribution in [-0.2, 0) is 11.3 Å². The first-order valence-electron chi connectivity index (χ1n) is 4.99. The van der Waals surface area contributed by atoms with Gasteiger partial charge in [-0.15, -0.1) is 0 Å². The van der Waals surface area contributed by atoms with Gasteiger partial charge in [0, 0.05) is 12.7 Å². The highest BCUT2D eigenvalue weighted by Gasteiger charge is 2.01. The molecule has 0 unspecified atom stereocenters. The summed E-state index contributed by atoms with van der Waals surface area (Å²) in [6.45, 7) is 5.08. The fraction of sp³-hybridized carbons (Fsp3) is 0.600. The highest BCUT2D eigenvalue weighted by atomic mass is 16.2. The molecule has 1 rings (SSSR count). The number of nitrogens with one attached hydrogen (secondary N) is 1. The van der Waals surface area contributed by atoms with Gasteiger partial charge < -0.3 is 5.32 Å². The number of hydrogen-bond acceptors (Lipinski definition) is 2. The summed E-state index contributed by atoms with van der Waals surface area (Å²) in [5, 5.41) is 6.98. The van der Waals surface area contributed by atoms with E-state index in [-0.39, 0.29) is 5.91 Å². The van der Waals surface area contributed by atoms with Gasteiger partial charge in [0.25, 0.3) is 0 Å². The lowest BCUT2D eigenvalue weighted by atomic mass is 10.3. The highest BCUT2D eigenvalue weighted by Crippen LogP contribution is 1.92. The first kappa shape index (κ1) is 10.8. The monoisotopic (exact) mass is 195 g/mol. The number of aryl methyl sites for hydroxylation is 1. The largest absolute Gasteiger partial charge is 0.354 e. The van der Waals surface area contributed by atoms with Crippen molar-refractivity contribution in [3.05, 3.63) is 18.0 Å². The van der Waals surface area contributed by atoms with E-state index < -0.39 is 0 Å². The minimum absolute atomic E-state index is 0.0292. The molecule has 0 atom stereocenters. The van der Waals surface area contributed by atoms with Crippen LogP contribution in [0.25, 0.3) is 0 Å². The SMILES string of the molecule is CCCCNC(=O)Cn1ccc(C)n1. The van der Waals surface area contributed by atoms with E-state index in [0.29, 0.717) is 6.54 Å². The average Bonchev–Trinajstić information content (AvgIpc) is 2.52. The van der Waals surface area contributed by atoms with Crippen LogP contribution in [0.2, 0.25) is 0 Å². The van der Waals surface area contributed by atoms with Gasteiger partial charge in [0.15, 0.2) is 0 Å². The first-order valence-corrected chi connectivity index (χ1v) is 4.99. The summed E-state index contributed by atoms with van der Waals surface area (Å²) in [6, 6.07) is 1.89. The number of unbranched alkanes of at least 4 members (excludes halogenated alkanes) is 1. The fourth-order valence-electron chi connectivity index (χ4n) is 1.16. The van der Waals surface area contributed by atoms with Crippen LogP contribution in [0, 0.1) is 6.92 Å². The van der Waals surface area contributed by atoms with Crippen molar-refractivity contribution in [3.63, 3.8) is 0 Å². The summed E-state index contributed by atoms with van der Waals surface area (Å²) in [7, 11) is 0. The number of carbonyl (C=O) groups excluding carboxylic acids is 1. The van der Waals surface area contributed by atoms with Crippen LogP contribution in [0.15, 0.2) is 12.3 Å². The third kappa shape index (κ3) is 3.60. The number of carbonyl (C=O) groups is 1. The molecule has 78 valence electrons. The van der Waals surface area contributed by atoms with E-state index in [2.05, 4.69) is 17.3 Å². The van der Waals surface area contributed by atoms with Crippen molar-refractivity contribution in [1.82, 2.24) is 15.1 Å². The molecule has 4 heteroatoms. The van der Waals surface area contributed by atoms with Gasteiger partial charge in [-0.25, -0.2) is 0 Å². The van der Waals surface area contributed by atoms with Crippen molar-refractivity contribution < 1.29 is 4.79 Å². The molecule has 1 aromatic heterocycles. The molecule has 1 amide bonds. The Morgan fingerprint density at radius 3 is 3.00 bits per heavy atom. The molecule has 0 saturated heterocycles. The van der Waals surface area contributed by atoms with Gasteiger partial charge in [-0.1, -0.05) is 13.3 Å². The normalized spacial score (nSPS) is 10.1. The molecule has 0 aliphatic rings. The molecule has 0 aliphatic heterocycles. The maximum atomic E-state index is 11.3. The van der Waals surface area contributed by atoms with E-state index in [4.69, 9.17) is 0 Å². The number of rotatable bonds is 5. The first-order chi connectivity index (χ1) is 6.72. The zero-order valence-electron chi connectivity index (χ0n) is 8.79. The second kappa shape index (κ2) is 5.42. The van der Waals surface area contributed by atoms with Crippen LogP contribution in [0.1, 0.15) is 25.5 Å². The van der Waals surface area contributed by atoms with Gasteiger partial charge in [-0.3, -0.25) is 9.48 Å². The minimum atomic E-state index is 0.0292. The number of amides is 1. The smallest absolute Gasteiger partial charge is 0.241 e. The maximum Gasteiger partial charge on any atom is 0.241 e. The van der Waals surface area contributed by atoms with Crippen LogP contribution >= 0.6 is 0 Å². The number of hydrogen-bond donors (Lipinski definition) is 1. The summed E-state index contributed by atoms with van der Waals surface area (Å²) in [5.41, 5.74) is 0.936. The third-order valence-corrected chi connectivity index (χ3v) is 1.93. The Hall–Kier alpha value is -1.32. The lowest BCUT2D eigenvalue weighted by Gasteiger charge is -2.03. The lowest BCUT2D eigenvalue weighted by Crippen LogP contribution is -2.28. The Labute approximate surface area is 84.3 Å². The summed E-state index contributed by atoms with van der Waals surface area (Å²) in [4.78, 5) is 11.3. The molecule has 0 aromatic carbocycles. The van der Waals surface area contributed by atoms with Gasteiger partial charge in [-0.2, -0.15) is 5.10 Å². The molecule has 0 spiro atoms. The van der Waals surface area contributed by atoms with Crippen molar-refractivity contribution >= 4 is 5.91 Å². The molecule has 0 bridgehead atoms. The van der Waals surface area contributed by atoms with E-state index in [0.717, 1.165) is 25.1 Å². The second-order valence-corrected chi connectivity index (χ2v) is 3.36. The molecule has 4 nitrogen and oxygen atoms in total. The Balaban J connectivity index is 2.27. The average molecular weight is 195 g/mol. The van der Waals surface area contributed by atoms with Crippen LogP contribution in [0.4, 0.5) is 0 Å². The van der Waals surface area contributed by atoms with Crippen molar-refractivity contribution in [2.45, 2.75) is 33.2 Å². The van der Waals surface area contributed by atoms with E-state index >= 15 is 0 Å². The van der Waals surface area contributed by atoms with Gasteiger partial charge in [0.05, 0.1) is 5.69 Å². The summed E-state index contributed by atoms with van der Waals surface area (Å²) in [5.74, 6) is 0.0292. The van der Waals surface area contributed by atoms with Gasteiger partial charge in [-0.05, 0) is 19.4 Å². The molecule has 0 radical (unpaired) electrons. The van der Waals surface area contributed by atoms with Crippen molar-refractivity contribution in [2.75, 3.05) is 6.54 Å². The molecule has 0 aliphatic carbocycles. The Morgan fingerprint density at radius 2 is 2.43 bits per heavy atom. The fourth-order valence-corrected chi connectivity index (χ4v) is 1.16. The zero-order chi connectivity index (χ0) is 10.4. The number of aromatic nitrogens is 2. The number of nitrogens with zero attached hydrogens (tertiary/aromatic N) is 2. The summed E-state index contributed by atoms with van der Waals surface area (Å²) in [6.07, 6.45) is 3.94. The Kier molecular flexibility index (Phi) is 4.16. The van der Waals surface area contributed by atoms with Gasteiger partial charge in [0.1, 0.15) is 6.54 Å². The quantitative estimate of drug-likeness (QED) is 0.715. The minimum Gasteiger partial charge on any atom is -0.354 e. The lowest BCUT2D eigenvalue weighted by molar-refractivity contribution is -0.121. The second-order valence-electron chi connectivity index (χ2n) is 3.36. The topological polar surface area (TPSA) is 46.9 Å². The van der Waals surface area contributed by atoms with E-state index in [1.165, 1.54) is 0 Å². The molecule has 0 saturated carbocycles. The van der Waals surface area contributed by atoms with Gasteiger partial charge >= 0.3 is 0 Å². The van der Waals surface area contributed by atoms with E-state index in [1.54, 1.807) is 4.68 Å². The standard InChI is InChI=1S/C10H17N3O/c1-3-4-6-11-10(14)8-13-7-5-9(2)12-13/h5,7H,3-4,6,8H2,1-2H3,(H,11,14). The summed E-state index contributed by atoms with van der Waals surface area (Å²) < 4.78 is 1.65. The van der Waals surface area contributed by atoms with Crippen LogP contribution in [0.3, 0.4) is 0 Å². The van der Waals surface area contributed by atoms with E-state index in [1.807, 2.05) is 19.2 Å². The molecule has 1 heterocycles. The highest BCUT2D eigenvalue weighted by molar-refractivity contribution is 5.75. The van der Waals surface area contributed by atoms with Crippen molar-refractivity contribution in [1.29, 1.82) is 0 Å². The maximum absolute atomic E-state index is 11.3. The van der Waals surface area contributed by atoms with Crippen LogP contribution < -0.4 is 5.32 Å². The zero-order valence-corrected chi connectivity index (χ0v) is 8.79.